The van der Waals surface area contributed by atoms with E-state index in [0.717, 1.165) is 18.9 Å². The van der Waals surface area contributed by atoms with Crippen LogP contribution >= 0.6 is 15.9 Å². The van der Waals surface area contributed by atoms with Gasteiger partial charge in [0.2, 0.25) is 0 Å². The first-order chi connectivity index (χ1) is 10.3. The summed E-state index contributed by atoms with van der Waals surface area (Å²) in [6, 6.07) is 9.32. The molecule has 2 heteroatoms. The molecule has 1 fully saturated rings. The van der Waals surface area contributed by atoms with Crippen LogP contribution in [0.4, 0.5) is 0 Å². The molecule has 118 valence electrons. The highest BCUT2D eigenvalue weighted by atomic mass is 79.9. The molecule has 1 saturated carbocycles. The number of nitrogens with one attached hydrogen (secondary N) is 1. The monoisotopic (exact) mass is 351 g/mol. The molecule has 0 aromatic heterocycles. The highest BCUT2D eigenvalue weighted by molar-refractivity contribution is 9.10. The van der Waals surface area contributed by atoms with Crippen LogP contribution in [0.2, 0.25) is 0 Å². The molecule has 0 radical (unpaired) electrons. The molecule has 1 nitrogen and oxygen atoms in total. The van der Waals surface area contributed by atoms with E-state index >= 15 is 0 Å². The van der Waals surface area contributed by atoms with Crippen LogP contribution in [-0.2, 0) is 6.42 Å². The van der Waals surface area contributed by atoms with E-state index in [1.165, 1.54) is 61.4 Å². The fourth-order valence-electron chi connectivity index (χ4n) is 3.52. The SMILES string of the molecule is CCCNC(Cc1ccccc1Br)CC1CCCCCC1. The lowest BCUT2D eigenvalue weighted by Crippen LogP contribution is -2.34. The molecule has 1 N–H and O–H groups in total. The average molecular weight is 352 g/mol. The number of hydrogen-bond donors (Lipinski definition) is 1. The Morgan fingerprint density at radius 1 is 1.14 bits per heavy atom. The van der Waals surface area contributed by atoms with Crippen LogP contribution < -0.4 is 5.32 Å². The first kappa shape index (κ1) is 17.0. The zero-order valence-electron chi connectivity index (χ0n) is 13.4. The topological polar surface area (TPSA) is 12.0 Å². The van der Waals surface area contributed by atoms with E-state index < -0.39 is 0 Å². The van der Waals surface area contributed by atoms with Crippen LogP contribution in [0, 0.1) is 5.92 Å². The van der Waals surface area contributed by atoms with Crippen LogP contribution in [0.15, 0.2) is 28.7 Å². The Bertz CT molecular complexity index is 396. The van der Waals surface area contributed by atoms with Crippen molar-refractivity contribution in [2.45, 2.75) is 70.8 Å². The Labute approximate surface area is 139 Å². The van der Waals surface area contributed by atoms with Crippen molar-refractivity contribution >= 4 is 15.9 Å². The quantitative estimate of drug-likeness (QED) is 0.619. The van der Waals surface area contributed by atoms with Gasteiger partial charge in [0.25, 0.3) is 0 Å². The lowest BCUT2D eigenvalue weighted by atomic mass is 9.90. The van der Waals surface area contributed by atoms with Gasteiger partial charge in [0.05, 0.1) is 0 Å². The zero-order chi connectivity index (χ0) is 14.9. The molecule has 1 aliphatic rings. The molecule has 1 atom stereocenters. The summed E-state index contributed by atoms with van der Waals surface area (Å²) >= 11 is 3.70. The van der Waals surface area contributed by atoms with Crippen LogP contribution in [-0.4, -0.2) is 12.6 Å². The Balaban J connectivity index is 1.94. The lowest BCUT2D eigenvalue weighted by Gasteiger charge is -2.24. The number of benzene rings is 1. The van der Waals surface area contributed by atoms with E-state index in [9.17, 15) is 0 Å². The van der Waals surface area contributed by atoms with Crippen molar-refractivity contribution in [2.24, 2.45) is 5.92 Å². The molecular weight excluding hydrogens is 322 g/mol. The van der Waals surface area contributed by atoms with Crippen molar-refractivity contribution in [3.8, 4) is 0 Å². The predicted octanol–water partition coefficient (Wildman–Crippen LogP) is 5.72. The van der Waals surface area contributed by atoms with E-state index in [0.29, 0.717) is 6.04 Å². The van der Waals surface area contributed by atoms with E-state index in [1.54, 1.807) is 0 Å². The van der Waals surface area contributed by atoms with Gasteiger partial charge in [0.1, 0.15) is 0 Å². The fourth-order valence-corrected chi connectivity index (χ4v) is 3.97. The highest BCUT2D eigenvalue weighted by Crippen LogP contribution is 2.28. The molecule has 2 rings (SSSR count). The number of halogens is 1. The first-order valence-corrected chi connectivity index (χ1v) is 9.55. The number of hydrogen-bond acceptors (Lipinski definition) is 1. The summed E-state index contributed by atoms with van der Waals surface area (Å²) in [7, 11) is 0. The largest absolute Gasteiger partial charge is 0.314 e. The van der Waals surface area contributed by atoms with Gasteiger partial charge in [0, 0.05) is 10.5 Å². The summed E-state index contributed by atoms with van der Waals surface area (Å²) in [4.78, 5) is 0. The second-order valence-electron chi connectivity index (χ2n) is 6.54. The van der Waals surface area contributed by atoms with Crippen molar-refractivity contribution in [3.63, 3.8) is 0 Å². The molecule has 1 aromatic rings. The molecule has 0 spiro atoms. The van der Waals surface area contributed by atoms with Crippen molar-refractivity contribution in [1.82, 2.24) is 5.32 Å². The van der Waals surface area contributed by atoms with Gasteiger partial charge in [-0.3, -0.25) is 0 Å². The summed E-state index contributed by atoms with van der Waals surface area (Å²) in [5.41, 5.74) is 1.44. The van der Waals surface area contributed by atoms with Crippen molar-refractivity contribution in [3.05, 3.63) is 34.3 Å². The second-order valence-corrected chi connectivity index (χ2v) is 7.39. The van der Waals surface area contributed by atoms with Gasteiger partial charge in [-0.05, 0) is 43.4 Å². The van der Waals surface area contributed by atoms with Crippen LogP contribution in [0.3, 0.4) is 0 Å². The summed E-state index contributed by atoms with van der Waals surface area (Å²) in [5.74, 6) is 0.935. The predicted molar refractivity (Wildman–Crippen MR) is 95.7 cm³/mol. The summed E-state index contributed by atoms with van der Waals surface area (Å²) in [6.07, 6.45) is 12.4. The van der Waals surface area contributed by atoms with Gasteiger partial charge in [-0.25, -0.2) is 0 Å². The zero-order valence-corrected chi connectivity index (χ0v) is 15.0. The van der Waals surface area contributed by atoms with Crippen molar-refractivity contribution in [1.29, 1.82) is 0 Å². The van der Waals surface area contributed by atoms with Gasteiger partial charge in [-0.2, -0.15) is 0 Å². The number of rotatable bonds is 7. The summed E-state index contributed by atoms with van der Waals surface area (Å²) in [5, 5.41) is 3.79. The van der Waals surface area contributed by atoms with E-state index in [1.807, 2.05) is 0 Å². The molecule has 0 heterocycles. The molecular formula is C19H30BrN. The molecule has 0 aliphatic heterocycles. The summed E-state index contributed by atoms with van der Waals surface area (Å²) < 4.78 is 1.26. The van der Waals surface area contributed by atoms with Gasteiger partial charge < -0.3 is 5.32 Å². The molecule has 1 unspecified atom stereocenters. The third kappa shape index (κ3) is 6.12. The maximum absolute atomic E-state index is 3.79. The second kappa shape index (κ2) is 9.63. The lowest BCUT2D eigenvalue weighted by molar-refractivity contribution is 0.349. The maximum Gasteiger partial charge on any atom is 0.0207 e. The van der Waals surface area contributed by atoms with Crippen LogP contribution in [0.25, 0.3) is 0 Å². The molecule has 21 heavy (non-hydrogen) atoms. The normalized spacial score (nSPS) is 18.4. The third-order valence-corrected chi connectivity index (χ3v) is 5.47. The smallest absolute Gasteiger partial charge is 0.0207 e. The highest BCUT2D eigenvalue weighted by Gasteiger charge is 2.18. The Morgan fingerprint density at radius 3 is 2.52 bits per heavy atom. The van der Waals surface area contributed by atoms with Crippen LogP contribution in [0.1, 0.15) is 63.9 Å². The third-order valence-electron chi connectivity index (χ3n) is 4.70. The average Bonchev–Trinajstić information content (AvgIpc) is 2.75. The molecule has 1 aromatic carbocycles. The van der Waals surface area contributed by atoms with Crippen molar-refractivity contribution < 1.29 is 0 Å². The fraction of sp³-hybridized carbons (Fsp3) is 0.684. The van der Waals surface area contributed by atoms with Gasteiger partial charge >= 0.3 is 0 Å². The van der Waals surface area contributed by atoms with Crippen molar-refractivity contribution in [2.75, 3.05) is 6.54 Å². The minimum absolute atomic E-state index is 0.631. The Morgan fingerprint density at radius 2 is 1.86 bits per heavy atom. The van der Waals surface area contributed by atoms with Gasteiger partial charge in [0.15, 0.2) is 0 Å². The van der Waals surface area contributed by atoms with Gasteiger partial charge in [-0.15, -0.1) is 0 Å². The minimum Gasteiger partial charge on any atom is -0.314 e. The minimum atomic E-state index is 0.631. The van der Waals surface area contributed by atoms with Gasteiger partial charge in [-0.1, -0.05) is 79.6 Å². The van der Waals surface area contributed by atoms with E-state index in [-0.39, 0.29) is 0 Å². The maximum atomic E-state index is 3.79. The van der Waals surface area contributed by atoms with Crippen LogP contribution in [0.5, 0.6) is 0 Å². The standard InChI is InChI=1S/C19H30BrN/c1-2-13-21-18(14-16-9-5-3-4-6-10-16)15-17-11-7-8-12-19(17)20/h7-8,11-12,16,18,21H,2-6,9-10,13-15H2,1H3. The molecule has 0 amide bonds. The summed E-state index contributed by atoms with van der Waals surface area (Å²) in [6.45, 7) is 3.40. The van der Waals surface area contributed by atoms with E-state index in [2.05, 4.69) is 52.4 Å². The first-order valence-electron chi connectivity index (χ1n) is 8.76. The Hall–Kier alpha value is -0.340. The molecule has 1 aliphatic carbocycles. The molecule has 0 bridgehead atoms. The molecule has 0 saturated heterocycles. The Kier molecular flexibility index (Phi) is 7.81. The van der Waals surface area contributed by atoms with E-state index in [4.69, 9.17) is 0 Å².